The summed E-state index contributed by atoms with van der Waals surface area (Å²) in [6.45, 7) is 0. The van der Waals surface area contributed by atoms with Crippen LogP contribution in [0.3, 0.4) is 0 Å². The molecule has 0 radical (unpaired) electrons. The summed E-state index contributed by atoms with van der Waals surface area (Å²) in [5.41, 5.74) is 5.16. The molecule has 1 fully saturated rings. The number of fused-ring (bicyclic) bond motifs is 5. The summed E-state index contributed by atoms with van der Waals surface area (Å²) in [7, 11) is 0. The minimum Gasteiger partial charge on any atom is -0.336 e. The molecule has 0 bridgehead atoms. The van der Waals surface area contributed by atoms with Crippen LogP contribution < -0.4 is 4.90 Å². The first-order valence-electron chi connectivity index (χ1n) is 7.98. The van der Waals surface area contributed by atoms with E-state index in [2.05, 4.69) is 41.3 Å². The first-order valence-corrected chi connectivity index (χ1v) is 7.98. The molecular weight excluding hydrogens is 270 g/mol. The second-order valence-corrected chi connectivity index (χ2v) is 6.63. The highest BCUT2D eigenvalue weighted by Gasteiger charge is 2.60. The van der Waals surface area contributed by atoms with Crippen LogP contribution in [-0.2, 0) is 10.2 Å². The summed E-state index contributed by atoms with van der Waals surface area (Å²) in [5, 5.41) is 0. The lowest BCUT2D eigenvalue weighted by molar-refractivity contribution is -0.115. The molecule has 1 spiro atoms. The predicted molar refractivity (Wildman–Crippen MR) is 87.7 cm³/mol. The third-order valence-corrected chi connectivity index (χ3v) is 5.46. The van der Waals surface area contributed by atoms with E-state index in [1.165, 1.54) is 24.1 Å². The molecule has 2 aromatic rings. The van der Waals surface area contributed by atoms with Crippen LogP contribution in [0.25, 0.3) is 5.70 Å². The molecule has 2 heterocycles. The van der Waals surface area contributed by atoms with Crippen molar-refractivity contribution in [2.75, 3.05) is 4.90 Å². The maximum absolute atomic E-state index is 12.4. The van der Waals surface area contributed by atoms with Crippen LogP contribution in [0, 0.1) is 0 Å². The number of carbonyl (C=O) groups is 1. The molecule has 1 atom stereocenters. The Hall–Kier alpha value is -2.35. The van der Waals surface area contributed by atoms with Crippen molar-refractivity contribution in [2.45, 2.75) is 30.7 Å². The first-order chi connectivity index (χ1) is 10.8. The van der Waals surface area contributed by atoms with Gasteiger partial charge in [0.25, 0.3) is 0 Å². The Bertz CT molecular complexity index is 801. The van der Waals surface area contributed by atoms with Crippen LogP contribution >= 0.6 is 0 Å². The smallest absolute Gasteiger partial charge is 0.159 e. The number of allylic oxidation sites excluding steroid dienone is 1. The Morgan fingerprint density at radius 3 is 2.45 bits per heavy atom. The second-order valence-electron chi connectivity index (χ2n) is 6.63. The molecule has 0 saturated heterocycles. The van der Waals surface area contributed by atoms with Gasteiger partial charge in [0.05, 0.1) is 11.7 Å². The SMILES string of the molecule is O=C1C=C(c2ccccc2)N2c3ccccc3C3(CC3)C2C1. The van der Waals surface area contributed by atoms with Crippen LogP contribution in [0.1, 0.15) is 30.4 Å². The van der Waals surface area contributed by atoms with E-state index in [1.54, 1.807) is 0 Å². The minimum atomic E-state index is 0.223. The Morgan fingerprint density at radius 2 is 1.68 bits per heavy atom. The van der Waals surface area contributed by atoms with E-state index < -0.39 is 0 Å². The highest BCUT2D eigenvalue weighted by molar-refractivity contribution is 6.04. The average molecular weight is 287 g/mol. The monoisotopic (exact) mass is 287 g/mol. The van der Waals surface area contributed by atoms with Gasteiger partial charge in [-0.05, 0) is 30.0 Å². The topological polar surface area (TPSA) is 20.3 Å². The number of rotatable bonds is 1. The lowest BCUT2D eigenvalue weighted by Gasteiger charge is -2.35. The van der Waals surface area contributed by atoms with Gasteiger partial charge in [0.2, 0.25) is 0 Å². The van der Waals surface area contributed by atoms with Crippen molar-refractivity contribution in [2.24, 2.45) is 0 Å². The van der Waals surface area contributed by atoms with E-state index >= 15 is 0 Å². The van der Waals surface area contributed by atoms with E-state index in [1.807, 2.05) is 24.3 Å². The summed E-state index contributed by atoms with van der Waals surface area (Å²) < 4.78 is 0. The maximum Gasteiger partial charge on any atom is 0.159 e. The standard InChI is InChI=1S/C20H17NO/c22-15-12-18(14-6-2-1-3-7-14)21-17-9-5-4-8-16(17)20(10-11-20)19(21)13-15/h1-9,12,19H,10-11,13H2. The summed E-state index contributed by atoms with van der Waals surface area (Å²) >= 11 is 0. The third kappa shape index (κ3) is 1.47. The number of ketones is 1. The highest BCUT2D eigenvalue weighted by Crippen LogP contribution is 2.63. The fourth-order valence-electron chi connectivity index (χ4n) is 4.32. The zero-order valence-corrected chi connectivity index (χ0v) is 12.3. The fraction of sp³-hybridized carbons (Fsp3) is 0.250. The van der Waals surface area contributed by atoms with Crippen molar-refractivity contribution in [3.63, 3.8) is 0 Å². The maximum atomic E-state index is 12.4. The van der Waals surface area contributed by atoms with Crippen molar-refractivity contribution in [1.29, 1.82) is 0 Å². The molecule has 1 unspecified atom stereocenters. The third-order valence-electron chi connectivity index (χ3n) is 5.46. The van der Waals surface area contributed by atoms with Crippen LogP contribution in [0.2, 0.25) is 0 Å². The molecule has 2 heteroatoms. The van der Waals surface area contributed by atoms with E-state index in [4.69, 9.17) is 0 Å². The van der Waals surface area contributed by atoms with Gasteiger partial charge in [-0.2, -0.15) is 0 Å². The molecular formula is C20H17NO. The van der Waals surface area contributed by atoms with Crippen molar-refractivity contribution >= 4 is 17.2 Å². The van der Waals surface area contributed by atoms with Gasteiger partial charge in [0.1, 0.15) is 0 Å². The van der Waals surface area contributed by atoms with E-state index in [0.717, 1.165) is 11.3 Å². The summed E-state index contributed by atoms with van der Waals surface area (Å²) in [6, 6.07) is 19.3. The summed E-state index contributed by atoms with van der Waals surface area (Å²) in [5.74, 6) is 0.263. The highest BCUT2D eigenvalue weighted by atomic mass is 16.1. The Labute approximate surface area is 130 Å². The molecule has 1 saturated carbocycles. The number of hydrogen-bond acceptors (Lipinski definition) is 2. The summed E-state index contributed by atoms with van der Waals surface area (Å²) in [6.07, 6.45) is 4.90. The molecule has 0 N–H and O–H groups in total. The van der Waals surface area contributed by atoms with Gasteiger partial charge in [-0.15, -0.1) is 0 Å². The van der Waals surface area contributed by atoms with Crippen LogP contribution in [0.4, 0.5) is 5.69 Å². The number of benzene rings is 2. The molecule has 2 nitrogen and oxygen atoms in total. The molecule has 0 amide bonds. The molecule has 2 aromatic carbocycles. The van der Waals surface area contributed by atoms with Crippen LogP contribution in [0.5, 0.6) is 0 Å². The molecule has 108 valence electrons. The number of hydrogen-bond donors (Lipinski definition) is 0. The molecule has 0 aromatic heterocycles. The predicted octanol–water partition coefficient (Wildman–Crippen LogP) is 3.92. The van der Waals surface area contributed by atoms with E-state index in [9.17, 15) is 4.79 Å². The van der Waals surface area contributed by atoms with Crippen molar-refractivity contribution in [3.8, 4) is 0 Å². The normalized spacial score (nSPS) is 24.0. The molecule has 22 heavy (non-hydrogen) atoms. The first kappa shape index (κ1) is 12.2. The lowest BCUT2D eigenvalue weighted by atomic mass is 9.86. The molecule has 5 rings (SSSR count). The quantitative estimate of drug-likeness (QED) is 0.792. The van der Waals surface area contributed by atoms with Gasteiger partial charge >= 0.3 is 0 Å². The molecule has 3 aliphatic rings. The lowest BCUT2D eigenvalue weighted by Crippen LogP contribution is -2.41. The van der Waals surface area contributed by atoms with Gasteiger partial charge < -0.3 is 4.90 Å². The number of para-hydroxylation sites is 1. The zero-order chi connectivity index (χ0) is 14.7. The van der Waals surface area contributed by atoms with Crippen LogP contribution in [0.15, 0.2) is 60.7 Å². The zero-order valence-electron chi connectivity index (χ0n) is 12.3. The van der Waals surface area contributed by atoms with Gasteiger partial charge in [0.15, 0.2) is 5.78 Å². The number of carbonyl (C=O) groups excluding carboxylic acids is 1. The number of anilines is 1. The Balaban J connectivity index is 1.73. The molecule has 1 aliphatic carbocycles. The largest absolute Gasteiger partial charge is 0.336 e. The second kappa shape index (κ2) is 4.10. The number of nitrogens with zero attached hydrogens (tertiary/aromatic N) is 1. The Morgan fingerprint density at radius 1 is 0.955 bits per heavy atom. The van der Waals surface area contributed by atoms with E-state index in [-0.39, 0.29) is 11.2 Å². The Kier molecular flexibility index (Phi) is 2.28. The van der Waals surface area contributed by atoms with Crippen molar-refractivity contribution in [1.82, 2.24) is 0 Å². The van der Waals surface area contributed by atoms with E-state index in [0.29, 0.717) is 12.5 Å². The average Bonchev–Trinajstić information content (AvgIpc) is 3.31. The van der Waals surface area contributed by atoms with Crippen molar-refractivity contribution in [3.05, 3.63) is 71.8 Å². The molecule has 2 aliphatic heterocycles. The minimum absolute atomic E-state index is 0.223. The van der Waals surface area contributed by atoms with Gasteiger partial charge in [-0.25, -0.2) is 0 Å². The summed E-state index contributed by atoms with van der Waals surface area (Å²) in [4.78, 5) is 14.8. The van der Waals surface area contributed by atoms with Crippen molar-refractivity contribution < 1.29 is 4.79 Å². The van der Waals surface area contributed by atoms with Gasteiger partial charge in [-0.1, -0.05) is 48.5 Å². The fourth-order valence-corrected chi connectivity index (χ4v) is 4.32. The van der Waals surface area contributed by atoms with Crippen LogP contribution in [-0.4, -0.2) is 11.8 Å². The van der Waals surface area contributed by atoms with Gasteiger partial charge in [-0.3, -0.25) is 4.79 Å². The van der Waals surface area contributed by atoms with Gasteiger partial charge in [0, 0.05) is 23.6 Å².